The van der Waals surface area contributed by atoms with Crippen LogP contribution in [0.4, 0.5) is 0 Å². The second kappa shape index (κ2) is 4.21. The van der Waals surface area contributed by atoms with Crippen molar-refractivity contribution in [3.05, 3.63) is 33.1 Å². The van der Waals surface area contributed by atoms with Crippen LogP contribution in [0.1, 0.15) is 17.4 Å². The molecule has 0 aliphatic carbocycles. The van der Waals surface area contributed by atoms with Crippen molar-refractivity contribution in [2.45, 2.75) is 19.2 Å². The van der Waals surface area contributed by atoms with Crippen LogP contribution in [0.3, 0.4) is 0 Å². The third-order valence-electron chi connectivity index (χ3n) is 2.29. The Morgan fingerprint density at radius 1 is 1.43 bits per heavy atom. The molecule has 1 aromatic heterocycles. The van der Waals surface area contributed by atoms with Crippen LogP contribution in [-0.2, 0) is 12.3 Å². The molecule has 74 valence electrons. The van der Waals surface area contributed by atoms with E-state index in [2.05, 4.69) is 41.1 Å². The van der Waals surface area contributed by atoms with Crippen LogP contribution < -0.4 is 0 Å². The minimum Gasteiger partial charge on any atom is -0.138 e. The molecular weight excluding hydrogens is 280 g/mol. The van der Waals surface area contributed by atoms with E-state index < -0.39 is 0 Å². The van der Waals surface area contributed by atoms with Gasteiger partial charge in [-0.05, 0) is 45.4 Å². The lowest BCUT2D eigenvalue weighted by atomic mass is 10.1. The molecule has 0 atom stereocenters. The van der Waals surface area contributed by atoms with Gasteiger partial charge in [-0.25, -0.2) is 0 Å². The molecule has 0 amide bonds. The van der Waals surface area contributed by atoms with E-state index in [1.54, 1.807) is 11.3 Å². The number of hydrogen-bond acceptors (Lipinski definition) is 1. The fraction of sp³-hybridized carbons (Fsp3) is 0.273. The fourth-order valence-electron chi connectivity index (χ4n) is 1.57. The van der Waals surface area contributed by atoms with Gasteiger partial charge in [-0.1, -0.05) is 13.0 Å². The quantitative estimate of drug-likeness (QED) is 0.685. The van der Waals surface area contributed by atoms with Gasteiger partial charge >= 0.3 is 0 Å². The molecule has 14 heavy (non-hydrogen) atoms. The van der Waals surface area contributed by atoms with Gasteiger partial charge in [0.2, 0.25) is 0 Å². The third-order valence-corrected chi connectivity index (χ3v) is 4.83. The highest BCUT2D eigenvalue weighted by Crippen LogP contribution is 2.35. The number of thiophene rings is 1. The number of fused-ring (bicyclic) bond motifs is 1. The van der Waals surface area contributed by atoms with Crippen molar-refractivity contribution in [3.63, 3.8) is 0 Å². The van der Waals surface area contributed by atoms with E-state index in [0.29, 0.717) is 5.88 Å². The van der Waals surface area contributed by atoms with Crippen molar-refractivity contribution in [2.24, 2.45) is 0 Å². The topological polar surface area (TPSA) is 0 Å². The van der Waals surface area contributed by atoms with Crippen LogP contribution in [0.2, 0.25) is 0 Å². The molecule has 2 aromatic rings. The molecule has 0 nitrogen and oxygen atoms in total. The molecule has 0 aliphatic rings. The summed E-state index contributed by atoms with van der Waals surface area (Å²) in [5.74, 6) is 0.606. The summed E-state index contributed by atoms with van der Waals surface area (Å²) in [4.78, 5) is 1.24. The second-order valence-corrected chi connectivity index (χ2v) is 5.41. The highest BCUT2D eigenvalue weighted by Gasteiger charge is 2.07. The van der Waals surface area contributed by atoms with Crippen LogP contribution in [-0.4, -0.2) is 0 Å². The van der Waals surface area contributed by atoms with Crippen molar-refractivity contribution in [1.82, 2.24) is 0 Å². The van der Waals surface area contributed by atoms with E-state index in [1.165, 1.54) is 25.0 Å². The maximum atomic E-state index is 5.84. The Kier molecular flexibility index (Phi) is 3.15. The van der Waals surface area contributed by atoms with E-state index in [0.717, 1.165) is 6.42 Å². The summed E-state index contributed by atoms with van der Waals surface area (Å²) >= 11 is 11.2. The standard InChI is InChI=1S/C11H10BrClS/c1-2-7-3-4-10(12)11-9(7)5-8(6-13)14-11/h3-5H,2,6H2,1H3. The Bertz CT molecular complexity index is 462. The summed E-state index contributed by atoms with van der Waals surface area (Å²) in [5, 5.41) is 1.35. The lowest BCUT2D eigenvalue weighted by Crippen LogP contribution is -1.79. The maximum absolute atomic E-state index is 5.84. The van der Waals surface area contributed by atoms with Gasteiger partial charge in [0.25, 0.3) is 0 Å². The number of hydrogen-bond donors (Lipinski definition) is 0. The Morgan fingerprint density at radius 3 is 2.86 bits per heavy atom. The molecule has 0 aliphatic heterocycles. The molecule has 0 spiro atoms. The van der Waals surface area contributed by atoms with Gasteiger partial charge in [0.1, 0.15) is 0 Å². The summed E-state index contributed by atoms with van der Waals surface area (Å²) in [5.41, 5.74) is 1.40. The number of alkyl halides is 1. The Labute approximate surface area is 101 Å². The van der Waals surface area contributed by atoms with Crippen LogP contribution in [0.25, 0.3) is 10.1 Å². The molecule has 2 rings (SSSR count). The molecule has 0 radical (unpaired) electrons. The lowest BCUT2D eigenvalue weighted by Gasteiger charge is -2.00. The first kappa shape index (κ1) is 10.5. The minimum atomic E-state index is 0.606. The maximum Gasteiger partial charge on any atom is 0.0568 e. The van der Waals surface area contributed by atoms with Crippen LogP contribution in [0.5, 0.6) is 0 Å². The molecule has 0 saturated heterocycles. The summed E-state index contributed by atoms with van der Waals surface area (Å²) in [6.07, 6.45) is 1.07. The molecule has 0 N–H and O–H groups in total. The summed E-state index contributed by atoms with van der Waals surface area (Å²) in [6.45, 7) is 2.18. The molecule has 0 bridgehead atoms. The van der Waals surface area contributed by atoms with Gasteiger partial charge in [-0.15, -0.1) is 22.9 Å². The first-order valence-corrected chi connectivity index (χ1v) is 6.66. The normalized spacial score (nSPS) is 11.1. The first-order chi connectivity index (χ1) is 6.76. The highest BCUT2D eigenvalue weighted by molar-refractivity contribution is 9.10. The average Bonchev–Trinajstić information content (AvgIpc) is 2.63. The fourth-order valence-corrected chi connectivity index (χ4v) is 3.36. The zero-order valence-electron chi connectivity index (χ0n) is 7.81. The SMILES string of the molecule is CCc1ccc(Br)c2sc(CCl)cc12. The monoisotopic (exact) mass is 288 g/mol. The summed E-state index contributed by atoms with van der Waals surface area (Å²) in [7, 11) is 0. The number of benzene rings is 1. The zero-order chi connectivity index (χ0) is 10.1. The van der Waals surface area contributed by atoms with Crippen molar-refractivity contribution in [3.8, 4) is 0 Å². The second-order valence-electron chi connectivity index (χ2n) is 3.15. The summed E-state index contributed by atoms with van der Waals surface area (Å²) in [6, 6.07) is 6.50. The summed E-state index contributed by atoms with van der Waals surface area (Å²) < 4.78 is 2.49. The van der Waals surface area contributed by atoms with Gasteiger partial charge in [-0.3, -0.25) is 0 Å². The Hall–Kier alpha value is -0.0500. The largest absolute Gasteiger partial charge is 0.138 e. The molecule has 0 fully saturated rings. The minimum absolute atomic E-state index is 0.606. The van der Waals surface area contributed by atoms with Gasteiger partial charge in [0.15, 0.2) is 0 Å². The van der Waals surface area contributed by atoms with Crippen LogP contribution in [0.15, 0.2) is 22.7 Å². The molecule has 1 heterocycles. The van der Waals surface area contributed by atoms with E-state index >= 15 is 0 Å². The lowest BCUT2D eigenvalue weighted by molar-refractivity contribution is 1.16. The molecule has 0 unspecified atom stereocenters. The van der Waals surface area contributed by atoms with Crippen LogP contribution >= 0.6 is 38.9 Å². The number of halogens is 2. The molecular formula is C11H10BrClS. The van der Waals surface area contributed by atoms with E-state index in [9.17, 15) is 0 Å². The third kappa shape index (κ3) is 1.71. The van der Waals surface area contributed by atoms with Crippen molar-refractivity contribution in [2.75, 3.05) is 0 Å². The van der Waals surface area contributed by atoms with E-state index in [1.807, 2.05) is 0 Å². The first-order valence-electron chi connectivity index (χ1n) is 4.52. The molecule has 0 saturated carbocycles. The van der Waals surface area contributed by atoms with Crippen molar-refractivity contribution >= 4 is 49.0 Å². The molecule has 3 heteroatoms. The van der Waals surface area contributed by atoms with Crippen molar-refractivity contribution < 1.29 is 0 Å². The van der Waals surface area contributed by atoms with Gasteiger partial charge < -0.3 is 0 Å². The number of rotatable bonds is 2. The predicted molar refractivity (Wildman–Crippen MR) is 68.5 cm³/mol. The highest BCUT2D eigenvalue weighted by atomic mass is 79.9. The number of aryl methyl sites for hydroxylation is 1. The predicted octanol–water partition coefficient (Wildman–Crippen LogP) is 4.97. The van der Waals surface area contributed by atoms with Gasteiger partial charge in [-0.2, -0.15) is 0 Å². The Balaban J connectivity index is 2.74. The van der Waals surface area contributed by atoms with Gasteiger partial charge in [0.05, 0.1) is 5.88 Å². The van der Waals surface area contributed by atoms with E-state index in [-0.39, 0.29) is 0 Å². The molecule has 1 aromatic carbocycles. The average molecular weight is 290 g/mol. The van der Waals surface area contributed by atoms with Crippen molar-refractivity contribution in [1.29, 1.82) is 0 Å². The van der Waals surface area contributed by atoms with E-state index in [4.69, 9.17) is 11.6 Å². The Morgan fingerprint density at radius 2 is 2.21 bits per heavy atom. The van der Waals surface area contributed by atoms with Crippen LogP contribution in [0, 0.1) is 0 Å². The smallest absolute Gasteiger partial charge is 0.0568 e. The van der Waals surface area contributed by atoms with Gasteiger partial charge in [0, 0.05) is 14.0 Å². The zero-order valence-corrected chi connectivity index (χ0v) is 11.0.